The van der Waals surface area contributed by atoms with Crippen LogP contribution >= 0.6 is 22.7 Å². The lowest BCUT2D eigenvalue weighted by Gasteiger charge is -2.12. The van der Waals surface area contributed by atoms with E-state index < -0.39 is 0 Å². The van der Waals surface area contributed by atoms with Gasteiger partial charge in [-0.05, 0) is 45.0 Å². The van der Waals surface area contributed by atoms with E-state index in [4.69, 9.17) is 9.97 Å². The average Bonchev–Trinajstić information content (AvgIpc) is 3.08. The number of aryl methyl sites for hydroxylation is 2. The number of nitrogens with one attached hydrogen (secondary N) is 1. The van der Waals surface area contributed by atoms with Crippen molar-refractivity contribution < 1.29 is 0 Å². The molecule has 0 aliphatic rings. The van der Waals surface area contributed by atoms with Crippen molar-refractivity contribution in [1.29, 1.82) is 0 Å². The molecule has 0 radical (unpaired) electrons. The Labute approximate surface area is 138 Å². The molecule has 0 unspecified atom stereocenters. The van der Waals surface area contributed by atoms with Crippen molar-refractivity contribution in [2.24, 2.45) is 0 Å². The van der Waals surface area contributed by atoms with Crippen molar-refractivity contribution >= 4 is 38.7 Å². The molecule has 3 aromatic heterocycles. The lowest BCUT2D eigenvalue weighted by Crippen LogP contribution is -2.21. The van der Waals surface area contributed by atoms with Gasteiger partial charge in [0.2, 0.25) is 0 Å². The second-order valence-electron chi connectivity index (χ2n) is 5.57. The molecule has 0 saturated carbocycles. The molecule has 6 heteroatoms. The van der Waals surface area contributed by atoms with Gasteiger partial charge in [0.05, 0.1) is 10.3 Å². The van der Waals surface area contributed by atoms with Gasteiger partial charge in [-0.2, -0.15) is 0 Å². The SMILES string of the molecule is Cc1sc2nc(-c3cccs3)nc(NCCN(C)C)c2c1C. The van der Waals surface area contributed by atoms with Crippen LogP contribution in [0.3, 0.4) is 0 Å². The fourth-order valence-electron chi connectivity index (χ4n) is 2.29. The first-order chi connectivity index (χ1) is 10.6. The zero-order valence-electron chi connectivity index (χ0n) is 13.3. The third kappa shape index (κ3) is 2.99. The third-order valence-electron chi connectivity index (χ3n) is 3.62. The van der Waals surface area contributed by atoms with Gasteiger partial charge in [-0.25, -0.2) is 9.97 Å². The van der Waals surface area contributed by atoms with Crippen molar-refractivity contribution in [1.82, 2.24) is 14.9 Å². The van der Waals surface area contributed by atoms with Gasteiger partial charge in [0.15, 0.2) is 5.82 Å². The van der Waals surface area contributed by atoms with E-state index in [9.17, 15) is 0 Å². The molecule has 0 amide bonds. The second-order valence-corrected chi connectivity index (χ2v) is 7.72. The van der Waals surface area contributed by atoms with Gasteiger partial charge in [0, 0.05) is 18.0 Å². The van der Waals surface area contributed by atoms with Gasteiger partial charge in [0.1, 0.15) is 10.6 Å². The second kappa shape index (κ2) is 6.32. The summed E-state index contributed by atoms with van der Waals surface area (Å²) in [5.74, 6) is 1.77. The molecule has 0 bridgehead atoms. The smallest absolute Gasteiger partial charge is 0.173 e. The minimum atomic E-state index is 0.816. The van der Waals surface area contributed by atoms with Gasteiger partial charge in [0.25, 0.3) is 0 Å². The van der Waals surface area contributed by atoms with E-state index in [0.29, 0.717) is 0 Å². The normalized spacial score (nSPS) is 11.5. The number of hydrogen-bond acceptors (Lipinski definition) is 6. The van der Waals surface area contributed by atoms with Crippen LogP contribution in [-0.2, 0) is 0 Å². The molecule has 3 rings (SSSR count). The molecule has 3 heterocycles. The van der Waals surface area contributed by atoms with Crippen molar-refractivity contribution in [3.63, 3.8) is 0 Å². The Morgan fingerprint density at radius 3 is 2.73 bits per heavy atom. The van der Waals surface area contributed by atoms with Crippen LogP contribution in [-0.4, -0.2) is 42.1 Å². The number of nitrogens with zero attached hydrogens (tertiary/aromatic N) is 3. The van der Waals surface area contributed by atoms with Crippen molar-refractivity contribution in [3.8, 4) is 10.7 Å². The first kappa shape index (κ1) is 15.4. The summed E-state index contributed by atoms with van der Waals surface area (Å²) in [6.07, 6.45) is 0. The molecule has 4 nitrogen and oxygen atoms in total. The molecule has 3 aromatic rings. The summed E-state index contributed by atoms with van der Waals surface area (Å²) in [7, 11) is 4.16. The highest BCUT2D eigenvalue weighted by Gasteiger charge is 2.15. The maximum Gasteiger partial charge on any atom is 0.173 e. The summed E-state index contributed by atoms with van der Waals surface area (Å²) in [5, 5.41) is 6.72. The predicted molar refractivity (Wildman–Crippen MR) is 97.2 cm³/mol. The Hall–Kier alpha value is -1.50. The first-order valence-corrected chi connectivity index (χ1v) is 8.96. The van der Waals surface area contributed by atoms with Crippen molar-refractivity contribution in [3.05, 3.63) is 28.0 Å². The number of fused-ring (bicyclic) bond motifs is 1. The number of likely N-dealkylation sites (N-methyl/N-ethyl adjacent to an activating group) is 1. The van der Waals surface area contributed by atoms with Gasteiger partial charge >= 0.3 is 0 Å². The Bertz CT molecular complexity index is 775. The zero-order valence-corrected chi connectivity index (χ0v) is 14.9. The van der Waals surface area contributed by atoms with Crippen LogP contribution in [0.1, 0.15) is 10.4 Å². The maximum atomic E-state index is 4.79. The van der Waals surface area contributed by atoms with E-state index in [-0.39, 0.29) is 0 Å². The summed E-state index contributed by atoms with van der Waals surface area (Å²) in [4.78, 5) is 15.2. The molecule has 0 atom stereocenters. The molecule has 0 spiro atoms. The fraction of sp³-hybridized carbons (Fsp3) is 0.375. The molecular weight excluding hydrogens is 312 g/mol. The highest BCUT2D eigenvalue weighted by Crippen LogP contribution is 2.35. The fourth-order valence-corrected chi connectivity index (χ4v) is 3.98. The van der Waals surface area contributed by atoms with Gasteiger partial charge < -0.3 is 10.2 Å². The van der Waals surface area contributed by atoms with E-state index >= 15 is 0 Å². The van der Waals surface area contributed by atoms with Crippen LogP contribution < -0.4 is 5.32 Å². The summed E-state index contributed by atoms with van der Waals surface area (Å²) < 4.78 is 0. The number of rotatable bonds is 5. The zero-order chi connectivity index (χ0) is 15.7. The number of hydrogen-bond donors (Lipinski definition) is 1. The van der Waals surface area contributed by atoms with Crippen LogP contribution in [0.4, 0.5) is 5.82 Å². The first-order valence-electron chi connectivity index (χ1n) is 7.26. The molecule has 0 fully saturated rings. The van der Waals surface area contributed by atoms with Crippen LogP contribution in [0.5, 0.6) is 0 Å². The number of aromatic nitrogens is 2. The Morgan fingerprint density at radius 2 is 2.05 bits per heavy atom. The lowest BCUT2D eigenvalue weighted by molar-refractivity contribution is 0.425. The largest absolute Gasteiger partial charge is 0.368 e. The average molecular weight is 332 g/mol. The highest BCUT2D eigenvalue weighted by molar-refractivity contribution is 7.19. The minimum absolute atomic E-state index is 0.816. The molecule has 1 N–H and O–H groups in total. The summed E-state index contributed by atoms with van der Waals surface area (Å²) in [6.45, 7) is 6.15. The molecule has 0 saturated heterocycles. The van der Waals surface area contributed by atoms with Gasteiger partial charge in [-0.3, -0.25) is 0 Å². The Morgan fingerprint density at radius 1 is 1.23 bits per heavy atom. The highest BCUT2D eigenvalue weighted by atomic mass is 32.1. The van der Waals surface area contributed by atoms with Gasteiger partial charge in [-0.15, -0.1) is 22.7 Å². The molecule has 0 aromatic carbocycles. The molecule has 0 aliphatic heterocycles. The van der Waals surface area contributed by atoms with Crippen molar-refractivity contribution in [2.75, 3.05) is 32.5 Å². The van der Waals surface area contributed by atoms with E-state index in [1.807, 2.05) is 6.07 Å². The summed E-state index contributed by atoms with van der Waals surface area (Å²) in [5.41, 5.74) is 1.28. The van der Waals surface area contributed by atoms with Crippen LogP contribution in [0, 0.1) is 13.8 Å². The molecule has 116 valence electrons. The monoisotopic (exact) mass is 332 g/mol. The molecule has 22 heavy (non-hydrogen) atoms. The van der Waals surface area contributed by atoms with Crippen LogP contribution in [0.2, 0.25) is 0 Å². The lowest BCUT2D eigenvalue weighted by atomic mass is 10.2. The van der Waals surface area contributed by atoms with Crippen molar-refractivity contribution in [2.45, 2.75) is 13.8 Å². The predicted octanol–water partition coefficient (Wildman–Crippen LogP) is 4.01. The van der Waals surface area contributed by atoms with E-state index in [1.165, 1.54) is 15.8 Å². The van der Waals surface area contributed by atoms with E-state index in [1.54, 1.807) is 22.7 Å². The third-order valence-corrected chi connectivity index (χ3v) is 5.59. The molecule has 0 aliphatic carbocycles. The minimum Gasteiger partial charge on any atom is -0.368 e. The number of anilines is 1. The van der Waals surface area contributed by atoms with E-state index in [2.05, 4.69) is 49.6 Å². The van der Waals surface area contributed by atoms with E-state index in [0.717, 1.165) is 34.4 Å². The Balaban J connectivity index is 2.05. The summed E-state index contributed by atoms with van der Waals surface area (Å²) in [6, 6.07) is 4.11. The molecular formula is C16H20N4S2. The maximum absolute atomic E-state index is 4.79. The Kier molecular flexibility index (Phi) is 4.42. The van der Waals surface area contributed by atoms with Crippen LogP contribution in [0.15, 0.2) is 17.5 Å². The standard InChI is InChI=1S/C16H20N4S2/c1-10-11(2)22-16-13(10)15(17-7-8-20(3)4)18-14(19-16)12-6-5-9-21-12/h5-6,9H,7-8H2,1-4H3,(H,17,18,19). The number of thiophene rings is 2. The quantitative estimate of drug-likeness (QED) is 0.766. The van der Waals surface area contributed by atoms with Gasteiger partial charge in [-0.1, -0.05) is 6.07 Å². The van der Waals surface area contributed by atoms with Crippen LogP contribution in [0.25, 0.3) is 20.9 Å². The summed E-state index contributed by atoms with van der Waals surface area (Å²) >= 11 is 3.42. The topological polar surface area (TPSA) is 41.1 Å².